The summed E-state index contributed by atoms with van der Waals surface area (Å²) in [6.07, 6.45) is 5.49. The molecule has 24 heavy (non-hydrogen) atoms. The van der Waals surface area contributed by atoms with Crippen molar-refractivity contribution in [3.63, 3.8) is 0 Å². The standard InChI is InChI=1S/C18H20N4O2/c19-18(24)21-12-13-3-5-15(6-4-13)17(23)22-11-1-2-16(22)14-7-9-20-10-8-14/h3-10,16H,1-2,11-12H2,(H3,19,21,24). The summed E-state index contributed by atoms with van der Waals surface area (Å²) in [4.78, 5) is 29.5. The Kier molecular flexibility index (Phi) is 4.74. The predicted molar refractivity (Wildman–Crippen MR) is 90.1 cm³/mol. The van der Waals surface area contributed by atoms with Crippen LogP contribution in [0.1, 0.15) is 40.4 Å². The molecule has 2 heterocycles. The maximum Gasteiger partial charge on any atom is 0.312 e. The van der Waals surface area contributed by atoms with Crippen LogP contribution >= 0.6 is 0 Å². The monoisotopic (exact) mass is 324 g/mol. The van der Waals surface area contributed by atoms with Crippen LogP contribution in [0.3, 0.4) is 0 Å². The SMILES string of the molecule is NC(=O)NCc1ccc(C(=O)N2CCCC2c2ccncc2)cc1. The largest absolute Gasteiger partial charge is 0.352 e. The zero-order chi connectivity index (χ0) is 16.9. The average Bonchev–Trinajstić information content (AvgIpc) is 3.10. The van der Waals surface area contributed by atoms with E-state index < -0.39 is 6.03 Å². The summed E-state index contributed by atoms with van der Waals surface area (Å²) in [6, 6.07) is 10.7. The van der Waals surface area contributed by atoms with Gasteiger partial charge >= 0.3 is 6.03 Å². The van der Waals surface area contributed by atoms with E-state index in [0.29, 0.717) is 12.1 Å². The van der Waals surface area contributed by atoms with E-state index in [4.69, 9.17) is 5.73 Å². The third-order valence-electron chi connectivity index (χ3n) is 4.27. The molecular formula is C18H20N4O2. The maximum absolute atomic E-state index is 12.8. The molecule has 3 N–H and O–H groups in total. The van der Waals surface area contributed by atoms with Gasteiger partial charge in [-0.2, -0.15) is 0 Å². The number of carbonyl (C=O) groups is 2. The third-order valence-corrected chi connectivity index (χ3v) is 4.27. The van der Waals surface area contributed by atoms with E-state index in [1.54, 1.807) is 24.5 Å². The van der Waals surface area contributed by atoms with Gasteiger partial charge in [0.2, 0.25) is 0 Å². The van der Waals surface area contributed by atoms with Crippen LogP contribution in [0.15, 0.2) is 48.8 Å². The number of nitrogens with zero attached hydrogens (tertiary/aromatic N) is 2. The number of hydrogen-bond acceptors (Lipinski definition) is 3. The lowest BCUT2D eigenvalue weighted by molar-refractivity contribution is 0.0735. The van der Waals surface area contributed by atoms with Crippen molar-refractivity contribution < 1.29 is 9.59 Å². The molecule has 1 aliphatic rings. The first-order valence-corrected chi connectivity index (χ1v) is 7.98. The minimum atomic E-state index is -0.563. The molecule has 1 unspecified atom stereocenters. The number of rotatable bonds is 4. The van der Waals surface area contributed by atoms with E-state index in [2.05, 4.69) is 10.3 Å². The molecule has 0 aliphatic carbocycles. The molecule has 1 aromatic heterocycles. The molecule has 1 aliphatic heterocycles. The number of carbonyl (C=O) groups excluding carboxylic acids is 2. The lowest BCUT2D eigenvalue weighted by Crippen LogP contribution is -2.30. The highest BCUT2D eigenvalue weighted by Crippen LogP contribution is 2.32. The second-order valence-electron chi connectivity index (χ2n) is 5.85. The second kappa shape index (κ2) is 7.12. The highest BCUT2D eigenvalue weighted by molar-refractivity contribution is 5.94. The molecule has 1 saturated heterocycles. The Labute approximate surface area is 140 Å². The molecule has 6 nitrogen and oxygen atoms in total. The van der Waals surface area contributed by atoms with Gasteiger partial charge < -0.3 is 16.0 Å². The van der Waals surface area contributed by atoms with Gasteiger partial charge in [0.15, 0.2) is 0 Å². The fraction of sp³-hybridized carbons (Fsp3) is 0.278. The fourth-order valence-electron chi connectivity index (χ4n) is 3.06. The van der Waals surface area contributed by atoms with Gasteiger partial charge in [0, 0.05) is 31.0 Å². The normalized spacial score (nSPS) is 16.8. The topological polar surface area (TPSA) is 88.3 Å². The van der Waals surface area contributed by atoms with E-state index in [1.165, 1.54) is 0 Å². The van der Waals surface area contributed by atoms with Gasteiger partial charge in [-0.1, -0.05) is 12.1 Å². The fourth-order valence-corrected chi connectivity index (χ4v) is 3.06. The van der Waals surface area contributed by atoms with Crippen LogP contribution < -0.4 is 11.1 Å². The number of likely N-dealkylation sites (tertiary alicyclic amines) is 1. The molecule has 3 amide bonds. The first-order chi connectivity index (χ1) is 11.6. The van der Waals surface area contributed by atoms with Crippen molar-refractivity contribution in [3.05, 3.63) is 65.5 Å². The number of nitrogens with two attached hydrogens (primary N) is 1. The van der Waals surface area contributed by atoms with Crippen molar-refractivity contribution in [2.45, 2.75) is 25.4 Å². The Morgan fingerprint density at radius 1 is 1.17 bits per heavy atom. The number of amides is 3. The summed E-state index contributed by atoms with van der Waals surface area (Å²) in [5.74, 6) is 0.0312. The van der Waals surface area contributed by atoms with Crippen LogP contribution in [0.4, 0.5) is 4.79 Å². The Bertz CT molecular complexity index is 716. The van der Waals surface area contributed by atoms with E-state index in [1.807, 2.05) is 29.2 Å². The smallest absolute Gasteiger partial charge is 0.312 e. The molecule has 0 spiro atoms. The lowest BCUT2D eigenvalue weighted by atomic mass is 10.0. The van der Waals surface area contributed by atoms with Gasteiger partial charge in [0.25, 0.3) is 5.91 Å². The van der Waals surface area contributed by atoms with E-state index in [9.17, 15) is 9.59 Å². The highest BCUT2D eigenvalue weighted by atomic mass is 16.2. The molecule has 6 heteroatoms. The number of benzene rings is 1. The Morgan fingerprint density at radius 3 is 2.54 bits per heavy atom. The number of primary amides is 1. The molecular weight excluding hydrogens is 304 g/mol. The number of urea groups is 1. The van der Waals surface area contributed by atoms with Crippen molar-refractivity contribution in [2.24, 2.45) is 5.73 Å². The van der Waals surface area contributed by atoms with Gasteiger partial charge in [-0.15, -0.1) is 0 Å². The van der Waals surface area contributed by atoms with Crippen LogP contribution in [0, 0.1) is 0 Å². The number of hydrogen-bond donors (Lipinski definition) is 2. The van der Waals surface area contributed by atoms with Gasteiger partial charge in [-0.05, 0) is 48.2 Å². The molecule has 0 radical (unpaired) electrons. The minimum Gasteiger partial charge on any atom is -0.352 e. The first kappa shape index (κ1) is 16.0. The van der Waals surface area contributed by atoms with Crippen LogP contribution in [0.25, 0.3) is 0 Å². The van der Waals surface area contributed by atoms with E-state index >= 15 is 0 Å². The maximum atomic E-state index is 12.8. The number of aromatic nitrogens is 1. The Balaban J connectivity index is 1.72. The van der Waals surface area contributed by atoms with E-state index in [-0.39, 0.29) is 11.9 Å². The predicted octanol–water partition coefficient (Wildman–Crippen LogP) is 2.23. The molecule has 1 fully saturated rings. The molecule has 3 rings (SSSR count). The van der Waals surface area contributed by atoms with E-state index in [0.717, 1.165) is 30.5 Å². The Morgan fingerprint density at radius 2 is 1.88 bits per heavy atom. The molecule has 2 aromatic rings. The van der Waals surface area contributed by atoms with Crippen molar-refractivity contribution >= 4 is 11.9 Å². The van der Waals surface area contributed by atoms with Gasteiger partial charge in [-0.25, -0.2) is 4.79 Å². The second-order valence-corrected chi connectivity index (χ2v) is 5.85. The summed E-state index contributed by atoms with van der Waals surface area (Å²) in [6.45, 7) is 1.12. The molecule has 1 aromatic carbocycles. The van der Waals surface area contributed by atoms with Gasteiger partial charge in [0.1, 0.15) is 0 Å². The van der Waals surface area contributed by atoms with Gasteiger partial charge in [-0.3, -0.25) is 9.78 Å². The molecule has 1 atom stereocenters. The molecule has 0 saturated carbocycles. The van der Waals surface area contributed by atoms with Crippen LogP contribution in [0.2, 0.25) is 0 Å². The van der Waals surface area contributed by atoms with Crippen molar-refractivity contribution in [1.82, 2.24) is 15.2 Å². The van der Waals surface area contributed by atoms with Crippen LogP contribution in [-0.2, 0) is 6.54 Å². The first-order valence-electron chi connectivity index (χ1n) is 7.98. The zero-order valence-electron chi connectivity index (χ0n) is 13.3. The summed E-state index contributed by atoms with van der Waals surface area (Å²) in [5, 5.41) is 2.53. The summed E-state index contributed by atoms with van der Waals surface area (Å²) >= 11 is 0. The van der Waals surface area contributed by atoms with Crippen molar-refractivity contribution in [1.29, 1.82) is 0 Å². The Hall–Kier alpha value is -2.89. The summed E-state index contributed by atoms with van der Waals surface area (Å²) < 4.78 is 0. The number of nitrogens with one attached hydrogen (secondary N) is 1. The van der Waals surface area contributed by atoms with Crippen molar-refractivity contribution in [2.75, 3.05) is 6.54 Å². The highest BCUT2D eigenvalue weighted by Gasteiger charge is 2.30. The van der Waals surface area contributed by atoms with Crippen LogP contribution in [-0.4, -0.2) is 28.4 Å². The third kappa shape index (κ3) is 3.53. The number of pyridine rings is 1. The lowest BCUT2D eigenvalue weighted by Gasteiger charge is -2.25. The zero-order valence-corrected chi connectivity index (χ0v) is 13.3. The molecule has 124 valence electrons. The minimum absolute atomic E-state index is 0.0312. The van der Waals surface area contributed by atoms with Crippen molar-refractivity contribution in [3.8, 4) is 0 Å². The molecule has 0 bridgehead atoms. The van der Waals surface area contributed by atoms with Gasteiger partial charge in [0.05, 0.1) is 6.04 Å². The quantitative estimate of drug-likeness (QED) is 0.904. The van der Waals surface area contributed by atoms with Crippen LogP contribution in [0.5, 0.6) is 0 Å². The average molecular weight is 324 g/mol. The summed E-state index contributed by atoms with van der Waals surface area (Å²) in [5.41, 5.74) is 7.73. The summed E-state index contributed by atoms with van der Waals surface area (Å²) in [7, 11) is 0.